The molecular weight excluding hydrogens is 336 g/mol. The van der Waals surface area contributed by atoms with Crippen molar-refractivity contribution in [3.8, 4) is 0 Å². The minimum Gasteiger partial charge on any atom is -0.369 e. The van der Waals surface area contributed by atoms with Crippen LogP contribution in [-0.2, 0) is 4.79 Å². The van der Waals surface area contributed by atoms with E-state index in [0.29, 0.717) is 17.9 Å². The van der Waals surface area contributed by atoms with E-state index >= 15 is 0 Å². The van der Waals surface area contributed by atoms with Crippen LogP contribution in [0.3, 0.4) is 0 Å². The van der Waals surface area contributed by atoms with E-state index in [1.54, 1.807) is 11.9 Å². The number of carbonyl (C=O) groups is 1. The lowest BCUT2D eigenvalue weighted by Gasteiger charge is -2.40. The number of rotatable bonds is 7. The molecule has 0 spiro atoms. The van der Waals surface area contributed by atoms with Gasteiger partial charge in [-0.05, 0) is 69.2 Å². The van der Waals surface area contributed by atoms with Gasteiger partial charge in [0.05, 0.1) is 0 Å². The van der Waals surface area contributed by atoms with Gasteiger partial charge in [-0.15, -0.1) is 0 Å². The Morgan fingerprint density at radius 3 is 2.52 bits per heavy atom. The summed E-state index contributed by atoms with van der Waals surface area (Å²) in [5.41, 5.74) is 5.55. The molecule has 0 aromatic carbocycles. The third kappa shape index (κ3) is 4.18. The lowest BCUT2D eigenvalue weighted by Crippen LogP contribution is -2.50. The standard InChI is InChI=1S/C22H38N4O/c1-26-20(27)22(25-21(26)23,13-12-16-6-3-2-4-7-16)18-8-5-9-19(14-18)24-15-17-10-11-17/h16-19,24H,2-15H2,1H3,(H2,23,25)/t18-,19+,22-/m1/s1. The molecule has 1 heterocycles. The molecule has 1 amide bonds. The summed E-state index contributed by atoms with van der Waals surface area (Å²) in [6.07, 6.45) is 16.2. The Balaban J connectivity index is 1.46. The first-order chi connectivity index (χ1) is 13.1. The van der Waals surface area contributed by atoms with Gasteiger partial charge in [0, 0.05) is 13.1 Å². The van der Waals surface area contributed by atoms with Gasteiger partial charge in [-0.1, -0.05) is 38.5 Å². The van der Waals surface area contributed by atoms with Crippen molar-refractivity contribution in [1.29, 1.82) is 0 Å². The Kier molecular flexibility index (Phi) is 5.77. The number of carbonyl (C=O) groups excluding carboxylic acids is 1. The summed E-state index contributed by atoms with van der Waals surface area (Å²) in [7, 11) is 1.80. The molecule has 4 aliphatic rings. The Morgan fingerprint density at radius 2 is 1.85 bits per heavy atom. The minimum absolute atomic E-state index is 0.156. The number of amides is 1. The number of nitrogens with two attached hydrogens (primary N) is 1. The summed E-state index contributed by atoms with van der Waals surface area (Å²) in [6, 6.07) is 0.547. The quantitative estimate of drug-likeness (QED) is 0.717. The second-order valence-electron chi connectivity index (χ2n) is 9.71. The van der Waals surface area contributed by atoms with E-state index in [4.69, 9.17) is 10.7 Å². The van der Waals surface area contributed by atoms with Gasteiger partial charge in [0.1, 0.15) is 5.54 Å². The summed E-state index contributed by atoms with van der Waals surface area (Å²) in [6.45, 7) is 1.16. The highest BCUT2D eigenvalue weighted by Crippen LogP contribution is 2.43. The number of nitrogens with zero attached hydrogens (tertiary/aromatic N) is 2. The summed E-state index contributed by atoms with van der Waals surface area (Å²) in [5.74, 6) is 2.60. The molecule has 3 aliphatic carbocycles. The number of likely N-dealkylation sites (N-methyl/N-ethyl adjacent to an activating group) is 1. The molecule has 0 aromatic heterocycles. The van der Waals surface area contributed by atoms with Crippen molar-refractivity contribution in [2.45, 2.75) is 95.1 Å². The maximum Gasteiger partial charge on any atom is 0.257 e. The first-order valence-electron chi connectivity index (χ1n) is 11.5. The highest BCUT2D eigenvalue weighted by atomic mass is 16.2. The third-order valence-electron chi connectivity index (χ3n) is 7.73. The zero-order valence-electron chi connectivity index (χ0n) is 17.1. The van der Waals surface area contributed by atoms with Crippen LogP contribution >= 0.6 is 0 Å². The van der Waals surface area contributed by atoms with Crippen LogP contribution in [0.2, 0.25) is 0 Å². The van der Waals surface area contributed by atoms with E-state index in [-0.39, 0.29) is 5.91 Å². The van der Waals surface area contributed by atoms with E-state index in [1.165, 1.54) is 57.8 Å². The van der Waals surface area contributed by atoms with Gasteiger partial charge < -0.3 is 11.1 Å². The maximum atomic E-state index is 13.3. The highest BCUT2D eigenvalue weighted by molar-refractivity contribution is 6.06. The van der Waals surface area contributed by atoms with Crippen LogP contribution < -0.4 is 11.1 Å². The maximum absolute atomic E-state index is 13.3. The smallest absolute Gasteiger partial charge is 0.257 e. The molecule has 5 heteroatoms. The normalized spacial score (nSPS) is 35.5. The predicted octanol–water partition coefficient (Wildman–Crippen LogP) is 3.43. The van der Waals surface area contributed by atoms with Crippen LogP contribution in [0.1, 0.15) is 83.5 Å². The molecule has 5 nitrogen and oxygen atoms in total. The Bertz CT molecular complexity index is 567. The van der Waals surface area contributed by atoms with Crippen molar-refractivity contribution in [3.05, 3.63) is 0 Å². The molecular formula is C22H38N4O. The molecule has 1 aliphatic heterocycles. The fourth-order valence-electron chi connectivity index (χ4n) is 5.72. The van der Waals surface area contributed by atoms with Gasteiger partial charge in [-0.2, -0.15) is 0 Å². The Labute approximate surface area is 164 Å². The van der Waals surface area contributed by atoms with E-state index in [2.05, 4.69) is 5.32 Å². The van der Waals surface area contributed by atoms with Gasteiger partial charge >= 0.3 is 0 Å². The van der Waals surface area contributed by atoms with Crippen molar-refractivity contribution in [1.82, 2.24) is 10.2 Å². The molecule has 0 aromatic rings. The van der Waals surface area contributed by atoms with Crippen molar-refractivity contribution in [2.24, 2.45) is 28.5 Å². The second-order valence-corrected chi connectivity index (χ2v) is 9.71. The number of hydrogen-bond acceptors (Lipinski definition) is 4. The molecule has 3 saturated carbocycles. The lowest BCUT2D eigenvalue weighted by molar-refractivity contribution is -0.133. The van der Waals surface area contributed by atoms with Gasteiger partial charge in [0.15, 0.2) is 5.96 Å². The average molecular weight is 375 g/mol. The molecule has 3 fully saturated rings. The fraction of sp³-hybridized carbons (Fsp3) is 0.909. The highest BCUT2D eigenvalue weighted by Gasteiger charge is 2.52. The number of guanidine groups is 1. The fourth-order valence-corrected chi connectivity index (χ4v) is 5.72. The monoisotopic (exact) mass is 374 g/mol. The largest absolute Gasteiger partial charge is 0.369 e. The zero-order valence-corrected chi connectivity index (χ0v) is 17.1. The van der Waals surface area contributed by atoms with Gasteiger partial charge in [0.2, 0.25) is 0 Å². The molecule has 0 unspecified atom stereocenters. The molecule has 3 atom stereocenters. The zero-order chi connectivity index (χ0) is 18.9. The van der Waals surface area contributed by atoms with Crippen molar-refractivity contribution in [3.63, 3.8) is 0 Å². The van der Waals surface area contributed by atoms with E-state index in [0.717, 1.165) is 44.1 Å². The van der Waals surface area contributed by atoms with Crippen LogP contribution in [0.15, 0.2) is 4.99 Å². The molecule has 0 bridgehead atoms. The number of nitrogens with one attached hydrogen (secondary N) is 1. The predicted molar refractivity (Wildman–Crippen MR) is 109 cm³/mol. The Hall–Kier alpha value is -1.10. The second kappa shape index (κ2) is 8.10. The van der Waals surface area contributed by atoms with Crippen LogP contribution in [0.4, 0.5) is 0 Å². The summed E-state index contributed by atoms with van der Waals surface area (Å²) in [5, 5.41) is 3.79. The van der Waals surface area contributed by atoms with E-state index in [1.807, 2.05) is 0 Å². The minimum atomic E-state index is -0.587. The number of hydrogen-bond donors (Lipinski definition) is 2. The average Bonchev–Trinajstić information content (AvgIpc) is 3.50. The van der Waals surface area contributed by atoms with Gasteiger partial charge in [-0.3, -0.25) is 9.69 Å². The molecule has 152 valence electrons. The molecule has 0 radical (unpaired) electrons. The van der Waals surface area contributed by atoms with Crippen LogP contribution in [0.5, 0.6) is 0 Å². The van der Waals surface area contributed by atoms with Gasteiger partial charge in [0.25, 0.3) is 5.91 Å². The summed E-state index contributed by atoms with van der Waals surface area (Å²) >= 11 is 0. The van der Waals surface area contributed by atoms with Crippen molar-refractivity contribution in [2.75, 3.05) is 13.6 Å². The lowest BCUT2D eigenvalue weighted by atomic mass is 9.69. The van der Waals surface area contributed by atoms with Crippen LogP contribution in [0, 0.1) is 17.8 Å². The van der Waals surface area contributed by atoms with Crippen LogP contribution in [-0.4, -0.2) is 41.9 Å². The summed E-state index contributed by atoms with van der Waals surface area (Å²) in [4.78, 5) is 19.8. The Morgan fingerprint density at radius 1 is 1.07 bits per heavy atom. The molecule has 3 N–H and O–H groups in total. The first-order valence-corrected chi connectivity index (χ1v) is 11.5. The van der Waals surface area contributed by atoms with Gasteiger partial charge in [-0.25, -0.2) is 4.99 Å². The third-order valence-corrected chi connectivity index (χ3v) is 7.73. The van der Waals surface area contributed by atoms with Crippen molar-refractivity contribution >= 4 is 11.9 Å². The first kappa shape index (κ1) is 19.2. The molecule has 0 saturated heterocycles. The number of aliphatic imine (C=N–C) groups is 1. The van der Waals surface area contributed by atoms with Crippen molar-refractivity contribution < 1.29 is 4.79 Å². The topological polar surface area (TPSA) is 70.7 Å². The SMILES string of the molecule is CN1C(=O)[C@@](CCC2CCCCC2)([C@@H]2CCC[C@H](NCC3CC3)C2)N=C1N. The van der Waals surface area contributed by atoms with E-state index < -0.39 is 5.54 Å². The molecule has 27 heavy (non-hydrogen) atoms. The van der Waals surface area contributed by atoms with Crippen LogP contribution in [0.25, 0.3) is 0 Å². The summed E-state index contributed by atoms with van der Waals surface area (Å²) < 4.78 is 0. The molecule has 4 rings (SSSR count). The van der Waals surface area contributed by atoms with E-state index in [9.17, 15) is 4.79 Å².